The fourth-order valence-electron chi connectivity index (χ4n) is 1.31. The molecule has 12 heavy (non-hydrogen) atoms. The van der Waals surface area contributed by atoms with Crippen molar-refractivity contribution in [2.75, 3.05) is 17.2 Å². The van der Waals surface area contributed by atoms with Crippen LogP contribution in [0.3, 0.4) is 0 Å². The molecule has 0 heterocycles. The highest BCUT2D eigenvalue weighted by Crippen LogP contribution is 2.31. The van der Waals surface area contributed by atoms with Crippen LogP contribution in [0.2, 0.25) is 0 Å². The van der Waals surface area contributed by atoms with Crippen LogP contribution >= 0.6 is 0 Å². The lowest BCUT2D eigenvalue weighted by Gasteiger charge is -2.13. The van der Waals surface area contributed by atoms with E-state index in [1.54, 1.807) is 12.1 Å². The molecular weight excluding hydrogens is 150 g/mol. The van der Waals surface area contributed by atoms with E-state index in [2.05, 4.69) is 0 Å². The quantitative estimate of drug-likeness (QED) is 0.552. The molecule has 3 nitrogen and oxygen atoms in total. The molecule has 0 bridgehead atoms. The minimum atomic E-state index is 0.313. The molecule has 0 atom stereocenters. The van der Waals surface area contributed by atoms with Gasteiger partial charge in [-0.25, -0.2) is 0 Å². The zero-order valence-electron chi connectivity index (χ0n) is 7.46. The third-order valence-corrected chi connectivity index (χ3v) is 1.93. The second-order valence-electron chi connectivity index (χ2n) is 3.23. The van der Waals surface area contributed by atoms with E-state index >= 15 is 0 Å². The first-order valence-corrected chi connectivity index (χ1v) is 3.97. The molecule has 0 aliphatic carbocycles. The molecule has 0 radical (unpaired) electrons. The van der Waals surface area contributed by atoms with E-state index < -0.39 is 0 Å². The van der Waals surface area contributed by atoms with E-state index in [1.807, 2.05) is 13.8 Å². The predicted octanol–water partition coefficient (Wildman–Crippen LogP) is 1.56. The molecule has 0 aliphatic heterocycles. The highest BCUT2D eigenvalue weighted by molar-refractivity contribution is 5.75. The lowest BCUT2D eigenvalue weighted by molar-refractivity contribution is 0.873. The molecule has 1 rings (SSSR count). The number of hydrogen-bond acceptors (Lipinski definition) is 3. The Morgan fingerprint density at radius 2 is 1.50 bits per heavy atom. The number of rotatable bonds is 1. The maximum Gasteiger partial charge on any atom is 0.0603 e. The van der Waals surface area contributed by atoms with Crippen molar-refractivity contribution in [2.24, 2.45) is 0 Å². The van der Waals surface area contributed by atoms with Gasteiger partial charge in [0.1, 0.15) is 0 Å². The van der Waals surface area contributed by atoms with Crippen molar-refractivity contribution in [2.45, 2.75) is 19.8 Å². The summed E-state index contributed by atoms with van der Waals surface area (Å²) in [5.41, 5.74) is 20.1. The zero-order chi connectivity index (χ0) is 9.30. The van der Waals surface area contributed by atoms with Crippen molar-refractivity contribution >= 4 is 17.1 Å². The largest absolute Gasteiger partial charge is 0.398 e. The van der Waals surface area contributed by atoms with Crippen molar-refractivity contribution in [3.8, 4) is 0 Å². The van der Waals surface area contributed by atoms with Gasteiger partial charge in [0.15, 0.2) is 0 Å². The minimum absolute atomic E-state index is 0.313. The smallest absolute Gasteiger partial charge is 0.0603 e. The molecule has 0 unspecified atom stereocenters. The van der Waals surface area contributed by atoms with Gasteiger partial charge >= 0.3 is 0 Å². The van der Waals surface area contributed by atoms with Gasteiger partial charge in [0.05, 0.1) is 11.4 Å². The van der Waals surface area contributed by atoms with Crippen molar-refractivity contribution in [3.63, 3.8) is 0 Å². The van der Waals surface area contributed by atoms with Gasteiger partial charge in [-0.2, -0.15) is 0 Å². The van der Waals surface area contributed by atoms with Gasteiger partial charge in [-0.3, -0.25) is 0 Å². The highest BCUT2D eigenvalue weighted by atomic mass is 14.7. The van der Waals surface area contributed by atoms with Crippen molar-refractivity contribution < 1.29 is 0 Å². The minimum Gasteiger partial charge on any atom is -0.398 e. The highest BCUT2D eigenvalue weighted by Gasteiger charge is 2.09. The average Bonchev–Trinajstić information content (AvgIpc) is 1.97. The maximum absolute atomic E-state index is 5.78. The van der Waals surface area contributed by atoms with Crippen molar-refractivity contribution in [1.29, 1.82) is 0 Å². The molecule has 0 saturated carbocycles. The lowest BCUT2D eigenvalue weighted by Crippen LogP contribution is -2.05. The van der Waals surface area contributed by atoms with E-state index in [0.29, 0.717) is 17.3 Å². The van der Waals surface area contributed by atoms with Gasteiger partial charge in [-0.05, 0) is 18.1 Å². The Labute approximate surface area is 72.5 Å². The second-order valence-corrected chi connectivity index (χ2v) is 3.23. The standard InChI is InChI=1S/C9H15N3/c1-5(2)8-6(10)3-4-7(11)9(8)12/h3-5H,10-12H2,1-2H3. The molecule has 3 heteroatoms. The summed E-state index contributed by atoms with van der Waals surface area (Å²) in [6, 6.07) is 3.53. The molecule has 66 valence electrons. The Morgan fingerprint density at radius 1 is 1.00 bits per heavy atom. The predicted molar refractivity (Wildman–Crippen MR) is 53.8 cm³/mol. The third kappa shape index (κ3) is 1.30. The SMILES string of the molecule is CC(C)c1c(N)ccc(N)c1N. The first-order chi connectivity index (χ1) is 5.54. The molecule has 0 aliphatic rings. The van der Waals surface area contributed by atoms with Gasteiger partial charge < -0.3 is 17.2 Å². The van der Waals surface area contributed by atoms with E-state index in [9.17, 15) is 0 Å². The maximum atomic E-state index is 5.78. The van der Waals surface area contributed by atoms with Crippen LogP contribution in [0, 0.1) is 0 Å². The van der Waals surface area contributed by atoms with E-state index in [0.717, 1.165) is 11.3 Å². The molecule has 0 fully saturated rings. The Balaban J connectivity index is 3.33. The molecule has 6 N–H and O–H groups in total. The average molecular weight is 165 g/mol. The molecular formula is C9H15N3. The Hall–Kier alpha value is -1.38. The first-order valence-electron chi connectivity index (χ1n) is 3.97. The van der Waals surface area contributed by atoms with Crippen LogP contribution in [0.25, 0.3) is 0 Å². The van der Waals surface area contributed by atoms with Crippen LogP contribution in [0.5, 0.6) is 0 Å². The van der Waals surface area contributed by atoms with Gasteiger partial charge in [0.2, 0.25) is 0 Å². The second kappa shape index (κ2) is 2.93. The van der Waals surface area contributed by atoms with Crippen LogP contribution in [0.1, 0.15) is 25.3 Å². The number of benzene rings is 1. The summed E-state index contributed by atoms with van der Waals surface area (Å²) in [6.07, 6.45) is 0. The van der Waals surface area contributed by atoms with E-state index in [4.69, 9.17) is 17.2 Å². The fourth-order valence-corrected chi connectivity index (χ4v) is 1.31. The Kier molecular flexibility index (Phi) is 2.13. The monoisotopic (exact) mass is 165 g/mol. The van der Waals surface area contributed by atoms with Gasteiger partial charge in [0.25, 0.3) is 0 Å². The number of nitrogens with two attached hydrogens (primary N) is 3. The first kappa shape index (κ1) is 8.71. The summed E-state index contributed by atoms with van der Waals surface area (Å²) in [5.74, 6) is 0.313. The fraction of sp³-hybridized carbons (Fsp3) is 0.333. The third-order valence-electron chi connectivity index (χ3n) is 1.93. The molecule has 0 spiro atoms. The molecule has 0 amide bonds. The van der Waals surface area contributed by atoms with Crippen LogP contribution in [0.15, 0.2) is 12.1 Å². The summed E-state index contributed by atoms with van der Waals surface area (Å²) in [7, 11) is 0. The number of nitrogen functional groups attached to an aromatic ring is 3. The normalized spacial score (nSPS) is 10.6. The Bertz CT molecular complexity index is 292. The number of hydrogen-bond donors (Lipinski definition) is 3. The van der Waals surface area contributed by atoms with Crippen LogP contribution in [0.4, 0.5) is 17.1 Å². The van der Waals surface area contributed by atoms with E-state index in [-0.39, 0.29) is 0 Å². The molecule has 1 aromatic carbocycles. The summed E-state index contributed by atoms with van der Waals surface area (Å²) in [6.45, 7) is 4.09. The van der Waals surface area contributed by atoms with Crippen LogP contribution in [-0.2, 0) is 0 Å². The van der Waals surface area contributed by atoms with Crippen LogP contribution < -0.4 is 17.2 Å². The summed E-state index contributed by atoms with van der Waals surface area (Å²) >= 11 is 0. The molecule has 0 saturated heterocycles. The zero-order valence-corrected chi connectivity index (χ0v) is 7.46. The van der Waals surface area contributed by atoms with E-state index in [1.165, 1.54) is 0 Å². The van der Waals surface area contributed by atoms with Gasteiger partial charge in [-0.1, -0.05) is 13.8 Å². The summed E-state index contributed by atoms with van der Waals surface area (Å²) in [4.78, 5) is 0. The summed E-state index contributed by atoms with van der Waals surface area (Å²) < 4.78 is 0. The van der Waals surface area contributed by atoms with Crippen molar-refractivity contribution in [3.05, 3.63) is 17.7 Å². The lowest BCUT2D eigenvalue weighted by atomic mass is 9.98. The Morgan fingerprint density at radius 3 is 1.92 bits per heavy atom. The molecule has 0 aromatic heterocycles. The topological polar surface area (TPSA) is 78.1 Å². The number of anilines is 3. The van der Waals surface area contributed by atoms with Crippen LogP contribution in [-0.4, -0.2) is 0 Å². The summed E-state index contributed by atoms with van der Waals surface area (Å²) in [5, 5.41) is 0. The van der Waals surface area contributed by atoms with Gasteiger partial charge in [-0.15, -0.1) is 0 Å². The van der Waals surface area contributed by atoms with Crippen molar-refractivity contribution in [1.82, 2.24) is 0 Å². The van der Waals surface area contributed by atoms with Gasteiger partial charge in [0, 0.05) is 11.3 Å². The molecule has 1 aromatic rings.